The van der Waals surface area contributed by atoms with Crippen LogP contribution in [0.25, 0.3) is 24.3 Å². The van der Waals surface area contributed by atoms with Crippen LogP contribution in [0.5, 0.6) is 0 Å². The van der Waals surface area contributed by atoms with E-state index in [1.165, 1.54) is 44.8 Å². The van der Waals surface area contributed by atoms with Crippen molar-refractivity contribution in [3.8, 4) is 0 Å². The van der Waals surface area contributed by atoms with E-state index < -0.39 is 0 Å². The summed E-state index contributed by atoms with van der Waals surface area (Å²) in [5.41, 5.74) is 10.2. The van der Waals surface area contributed by atoms with Crippen LogP contribution in [0.3, 0.4) is 0 Å². The monoisotopic (exact) mass is 396 g/mol. The number of rotatable bonds is 6. The summed E-state index contributed by atoms with van der Waals surface area (Å²) >= 11 is 0. The fourth-order valence-electron chi connectivity index (χ4n) is 3.82. The summed E-state index contributed by atoms with van der Waals surface area (Å²) in [7, 11) is 0. The van der Waals surface area contributed by atoms with E-state index in [1.807, 2.05) is 0 Å². The van der Waals surface area contributed by atoms with E-state index in [4.69, 9.17) is 0 Å². The van der Waals surface area contributed by atoms with Crippen molar-refractivity contribution in [3.05, 3.63) is 99.4 Å². The van der Waals surface area contributed by atoms with E-state index in [1.54, 1.807) is 0 Å². The molecule has 0 aliphatic rings. The molecule has 3 rings (SSSR count). The van der Waals surface area contributed by atoms with Crippen LogP contribution in [-0.4, -0.2) is 0 Å². The van der Waals surface area contributed by atoms with Gasteiger partial charge in [-0.3, -0.25) is 0 Å². The summed E-state index contributed by atoms with van der Waals surface area (Å²) in [6.07, 6.45) is 8.96. The first-order chi connectivity index (χ1) is 14.3. The van der Waals surface area contributed by atoms with Gasteiger partial charge >= 0.3 is 0 Å². The molecule has 0 spiro atoms. The molecule has 0 amide bonds. The zero-order chi connectivity index (χ0) is 21.7. The first-order valence-corrected chi connectivity index (χ1v) is 10.9. The highest BCUT2D eigenvalue weighted by Gasteiger charge is 2.15. The minimum Gasteiger partial charge on any atom is -0.192 e. The van der Waals surface area contributed by atoms with E-state index in [2.05, 4.69) is 125 Å². The lowest BCUT2D eigenvalue weighted by Gasteiger charge is -2.08. The average molecular weight is 397 g/mol. The van der Waals surface area contributed by atoms with Gasteiger partial charge in [-0.2, -0.15) is 4.57 Å². The van der Waals surface area contributed by atoms with E-state index in [9.17, 15) is 0 Å². The molecule has 0 atom stereocenters. The standard InChI is InChI=1S/C29H34N/c1-21(2)20-30-28(16-14-26-12-10-22(3)18-24(26)5)8-7-9-29(30)17-15-27-13-11-23(4)19-25(27)6/h7-19,21H,20H2,1-6H3/q+1/b16-14+,17-15+. The van der Waals surface area contributed by atoms with Crippen LogP contribution in [0, 0.1) is 33.6 Å². The summed E-state index contributed by atoms with van der Waals surface area (Å²) in [6.45, 7) is 14.2. The quantitative estimate of drug-likeness (QED) is 0.388. The Morgan fingerprint density at radius 3 is 1.53 bits per heavy atom. The number of benzene rings is 2. The fraction of sp³-hybridized carbons (Fsp3) is 0.276. The summed E-state index contributed by atoms with van der Waals surface area (Å²) in [4.78, 5) is 0. The normalized spacial score (nSPS) is 11.8. The van der Waals surface area contributed by atoms with E-state index in [0.29, 0.717) is 5.92 Å². The smallest absolute Gasteiger partial charge is 0.192 e. The zero-order valence-corrected chi connectivity index (χ0v) is 19.2. The summed E-state index contributed by atoms with van der Waals surface area (Å²) in [5.74, 6) is 0.568. The molecular weight excluding hydrogens is 362 g/mol. The molecule has 0 saturated carbocycles. The molecule has 1 nitrogen and oxygen atoms in total. The number of hydrogen-bond donors (Lipinski definition) is 0. The third-order valence-electron chi connectivity index (χ3n) is 5.42. The number of pyridine rings is 1. The largest absolute Gasteiger partial charge is 0.205 e. The predicted molar refractivity (Wildman–Crippen MR) is 131 cm³/mol. The minimum atomic E-state index is 0.568. The number of hydrogen-bond acceptors (Lipinski definition) is 0. The van der Waals surface area contributed by atoms with Gasteiger partial charge in [0.2, 0.25) is 11.4 Å². The second-order valence-electron chi connectivity index (χ2n) is 8.77. The van der Waals surface area contributed by atoms with Crippen LogP contribution in [0.4, 0.5) is 0 Å². The minimum absolute atomic E-state index is 0.568. The Kier molecular flexibility index (Phi) is 7.05. The Balaban J connectivity index is 1.98. The molecule has 0 unspecified atom stereocenters. The lowest BCUT2D eigenvalue weighted by atomic mass is 10.0. The maximum Gasteiger partial charge on any atom is 0.205 e. The maximum absolute atomic E-state index is 2.42. The van der Waals surface area contributed by atoms with Crippen LogP contribution in [0.15, 0.2) is 54.6 Å². The second kappa shape index (κ2) is 9.71. The number of aromatic nitrogens is 1. The van der Waals surface area contributed by atoms with Crippen molar-refractivity contribution in [1.29, 1.82) is 0 Å². The van der Waals surface area contributed by atoms with Crippen molar-refractivity contribution in [2.75, 3.05) is 0 Å². The Morgan fingerprint density at radius 2 is 1.13 bits per heavy atom. The summed E-state index contributed by atoms with van der Waals surface area (Å²) < 4.78 is 2.42. The lowest BCUT2D eigenvalue weighted by Crippen LogP contribution is -2.42. The van der Waals surface area contributed by atoms with Crippen LogP contribution >= 0.6 is 0 Å². The van der Waals surface area contributed by atoms with E-state index in [0.717, 1.165) is 6.54 Å². The van der Waals surface area contributed by atoms with Gasteiger partial charge in [-0.25, -0.2) is 0 Å². The molecule has 0 saturated heterocycles. The van der Waals surface area contributed by atoms with Crippen LogP contribution in [0.2, 0.25) is 0 Å². The second-order valence-corrected chi connectivity index (χ2v) is 8.77. The average Bonchev–Trinajstić information content (AvgIpc) is 2.68. The molecule has 0 bridgehead atoms. The zero-order valence-electron chi connectivity index (χ0n) is 19.2. The van der Waals surface area contributed by atoms with Crippen molar-refractivity contribution < 1.29 is 4.57 Å². The van der Waals surface area contributed by atoms with Crippen molar-refractivity contribution in [2.45, 2.75) is 48.1 Å². The molecule has 154 valence electrons. The predicted octanol–water partition coefficient (Wildman–Crippen LogP) is 7.20. The Bertz CT molecular complexity index is 1000. The maximum atomic E-state index is 2.42. The van der Waals surface area contributed by atoms with Gasteiger partial charge in [0.1, 0.15) is 0 Å². The van der Waals surface area contributed by atoms with Crippen LogP contribution in [-0.2, 0) is 6.54 Å². The molecule has 0 aliphatic carbocycles. The van der Waals surface area contributed by atoms with Gasteiger partial charge in [0.15, 0.2) is 6.54 Å². The molecule has 1 aromatic heterocycles. The molecule has 0 fully saturated rings. The van der Waals surface area contributed by atoms with Gasteiger partial charge in [-0.05, 0) is 68.2 Å². The number of aryl methyl sites for hydroxylation is 4. The molecule has 0 N–H and O–H groups in total. The third kappa shape index (κ3) is 5.57. The lowest BCUT2D eigenvalue weighted by molar-refractivity contribution is -0.705. The number of nitrogens with zero attached hydrogens (tertiary/aromatic N) is 1. The van der Waals surface area contributed by atoms with Gasteiger partial charge < -0.3 is 0 Å². The SMILES string of the molecule is Cc1ccc(/C=C/c2cccc(/C=C/c3ccc(C)cc3C)[n+]2CC(C)C)c(C)c1. The summed E-state index contributed by atoms with van der Waals surface area (Å²) in [6, 6.07) is 19.8. The molecule has 2 aromatic carbocycles. The van der Waals surface area contributed by atoms with E-state index in [-0.39, 0.29) is 0 Å². The Hall–Kier alpha value is -2.93. The highest BCUT2D eigenvalue weighted by atomic mass is 15.0. The molecular formula is C29H34N+. The molecule has 1 heteroatoms. The van der Waals surface area contributed by atoms with Gasteiger partial charge in [0, 0.05) is 30.2 Å². The Morgan fingerprint density at radius 1 is 0.667 bits per heavy atom. The van der Waals surface area contributed by atoms with Crippen molar-refractivity contribution in [1.82, 2.24) is 0 Å². The molecule has 1 heterocycles. The molecule has 0 aliphatic heterocycles. The fourth-order valence-corrected chi connectivity index (χ4v) is 3.82. The van der Waals surface area contributed by atoms with Gasteiger partial charge in [0.25, 0.3) is 0 Å². The molecule has 3 aromatic rings. The highest BCUT2D eigenvalue weighted by molar-refractivity contribution is 5.71. The van der Waals surface area contributed by atoms with Crippen molar-refractivity contribution >= 4 is 24.3 Å². The Labute approximate surface area is 182 Å². The first kappa shape index (κ1) is 21.8. The van der Waals surface area contributed by atoms with Crippen LogP contribution < -0.4 is 4.57 Å². The summed E-state index contributed by atoms with van der Waals surface area (Å²) in [5, 5.41) is 0. The van der Waals surface area contributed by atoms with Crippen molar-refractivity contribution in [3.63, 3.8) is 0 Å². The highest BCUT2D eigenvalue weighted by Crippen LogP contribution is 2.16. The van der Waals surface area contributed by atoms with E-state index >= 15 is 0 Å². The van der Waals surface area contributed by atoms with Gasteiger partial charge in [-0.1, -0.05) is 61.4 Å². The topological polar surface area (TPSA) is 3.88 Å². The van der Waals surface area contributed by atoms with Crippen LogP contribution in [0.1, 0.15) is 58.6 Å². The van der Waals surface area contributed by atoms with Gasteiger partial charge in [-0.15, -0.1) is 0 Å². The van der Waals surface area contributed by atoms with Gasteiger partial charge in [0.05, 0.1) is 0 Å². The molecule has 30 heavy (non-hydrogen) atoms. The molecule has 0 radical (unpaired) electrons. The third-order valence-corrected chi connectivity index (χ3v) is 5.42. The van der Waals surface area contributed by atoms with Crippen molar-refractivity contribution in [2.24, 2.45) is 5.92 Å². The first-order valence-electron chi connectivity index (χ1n) is 10.9.